The highest BCUT2D eigenvalue weighted by atomic mass is 127. The van der Waals surface area contributed by atoms with Gasteiger partial charge >= 0.3 is 0 Å². The van der Waals surface area contributed by atoms with E-state index >= 15 is 0 Å². The second kappa shape index (κ2) is 9.90. The zero-order chi connectivity index (χ0) is 11.8. The van der Waals surface area contributed by atoms with E-state index in [0.29, 0.717) is 6.04 Å². The molecule has 0 spiro atoms. The molecule has 0 aromatic heterocycles. The van der Waals surface area contributed by atoms with E-state index in [1.165, 1.54) is 0 Å². The quantitative estimate of drug-likeness (QED) is 0.438. The van der Waals surface area contributed by atoms with Gasteiger partial charge in [-0.1, -0.05) is 0 Å². The number of guanidine groups is 1. The topological polar surface area (TPSA) is 48.9 Å². The Morgan fingerprint density at radius 3 is 2.53 bits per heavy atom. The summed E-state index contributed by atoms with van der Waals surface area (Å²) in [7, 11) is 1.80. The van der Waals surface area contributed by atoms with E-state index in [-0.39, 0.29) is 24.0 Å². The number of aliphatic imine (C=N–C) groups is 1. The maximum absolute atomic E-state index is 5.34. The molecule has 102 valence electrons. The molecule has 1 aliphatic heterocycles. The van der Waals surface area contributed by atoms with Gasteiger partial charge in [0.25, 0.3) is 0 Å². The molecule has 0 bridgehead atoms. The van der Waals surface area contributed by atoms with Crippen LogP contribution < -0.4 is 10.6 Å². The monoisotopic (exact) mass is 356 g/mol. The summed E-state index contributed by atoms with van der Waals surface area (Å²) in [5, 5.41) is 6.51. The van der Waals surface area contributed by atoms with Crippen LogP contribution in [0.4, 0.5) is 0 Å². The number of morpholine rings is 1. The van der Waals surface area contributed by atoms with Gasteiger partial charge in [-0.25, -0.2) is 0 Å². The van der Waals surface area contributed by atoms with Crippen LogP contribution >= 0.6 is 24.0 Å². The van der Waals surface area contributed by atoms with Crippen LogP contribution in [0.3, 0.4) is 0 Å². The third-order valence-electron chi connectivity index (χ3n) is 2.80. The van der Waals surface area contributed by atoms with E-state index in [1.54, 1.807) is 7.05 Å². The Kier molecular flexibility index (Phi) is 9.85. The number of nitrogens with one attached hydrogen (secondary N) is 2. The summed E-state index contributed by atoms with van der Waals surface area (Å²) < 4.78 is 5.34. The predicted molar refractivity (Wildman–Crippen MR) is 82.3 cm³/mol. The lowest BCUT2D eigenvalue weighted by atomic mass is 10.2. The van der Waals surface area contributed by atoms with Crippen molar-refractivity contribution in [3.63, 3.8) is 0 Å². The van der Waals surface area contributed by atoms with Crippen LogP contribution in [0.1, 0.15) is 13.8 Å². The summed E-state index contributed by atoms with van der Waals surface area (Å²) in [6.45, 7) is 9.88. The Morgan fingerprint density at radius 1 is 1.35 bits per heavy atom. The van der Waals surface area contributed by atoms with Gasteiger partial charge in [0.1, 0.15) is 0 Å². The molecule has 17 heavy (non-hydrogen) atoms. The molecule has 5 nitrogen and oxygen atoms in total. The maximum Gasteiger partial charge on any atom is 0.191 e. The Morgan fingerprint density at radius 2 is 2.00 bits per heavy atom. The van der Waals surface area contributed by atoms with Crippen molar-refractivity contribution in [3.05, 3.63) is 0 Å². The van der Waals surface area contributed by atoms with Crippen molar-refractivity contribution in [1.82, 2.24) is 15.5 Å². The highest BCUT2D eigenvalue weighted by Crippen LogP contribution is 2.02. The van der Waals surface area contributed by atoms with Crippen LogP contribution in [0.5, 0.6) is 0 Å². The molecule has 1 rings (SSSR count). The Bertz CT molecular complexity index is 220. The molecular formula is C11H25IN4O. The lowest BCUT2D eigenvalue weighted by Crippen LogP contribution is -2.49. The van der Waals surface area contributed by atoms with Crippen molar-refractivity contribution in [2.45, 2.75) is 19.9 Å². The van der Waals surface area contributed by atoms with Gasteiger partial charge in [0.05, 0.1) is 13.2 Å². The third-order valence-corrected chi connectivity index (χ3v) is 2.80. The lowest BCUT2D eigenvalue weighted by Gasteiger charge is -2.32. The minimum atomic E-state index is 0. The van der Waals surface area contributed by atoms with Crippen molar-refractivity contribution in [1.29, 1.82) is 0 Å². The second-order valence-corrected chi connectivity index (χ2v) is 3.98. The average molecular weight is 356 g/mol. The zero-order valence-corrected chi connectivity index (χ0v) is 13.4. The van der Waals surface area contributed by atoms with Gasteiger partial charge < -0.3 is 15.4 Å². The minimum Gasteiger partial charge on any atom is -0.379 e. The van der Waals surface area contributed by atoms with Crippen molar-refractivity contribution in [3.8, 4) is 0 Å². The average Bonchev–Trinajstić information content (AvgIpc) is 2.35. The number of halogens is 1. The summed E-state index contributed by atoms with van der Waals surface area (Å²) in [5.41, 5.74) is 0. The number of ether oxygens (including phenoxy) is 1. The van der Waals surface area contributed by atoms with Crippen LogP contribution in [0, 0.1) is 0 Å². The molecule has 6 heteroatoms. The molecule has 1 fully saturated rings. The molecule has 0 aromatic carbocycles. The molecule has 1 heterocycles. The first kappa shape index (κ1) is 16.9. The normalized spacial score (nSPS) is 19.4. The Hall–Kier alpha value is -0.0800. The first-order chi connectivity index (χ1) is 7.77. The molecule has 1 aliphatic rings. The fraction of sp³-hybridized carbons (Fsp3) is 0.909. The fourth-order valence-electron chi connectivity index (χ4n) is 1.78. The van der Waals surface area contributed by atoms with E-state index in [2.05, 4.69) is 34.4 Å². The molecule has 0 radical (unpaired) electrons. The SMILES string of the molecule is CCNC(=NC)NCC(C)N1CCOCC1.I. The van der Waals surface area contributed by atoms with Crippen molar-refractivity contribution in [2.24, 2.45) is 4.99 Å². The van der Waals surface area contributed by atoms with Gasteiger partial charge in [-0.15, -0.1) is 24.0 Å². The first-order valence-electron chi connectivity index (χ1n) is 6.04. The Labute approximate surface area is 121 Å². The van der Waals surface area contributed by atoms with Crippen molar-refractivity contribution >= 4 is 29.9 Å². The maximum atomic E-state index is 5.34. The molecule has 1 atom stereocenters. The summed E-state index contributed by atoms with van der Waals surface area (Å²) in [4.78, 5) is 6.59. The largest absolute Gasteiger partial charge is 0.379 e. The van der Waals surface area contributed by atoms with Gasteiger partial charge in [-0.3, -0.25) is 9.89 Å². The summed E-state index contributed by atoms with van der Waals surface area (Å²) in [6.07, 6.45) is 0. The van der Waals surface area contributed by atoms with E-state index in [4.69, 9.17) is 4.74 Å². The highest BCUT2D eigenvalue weighted by molar-refractivity contribution is 14.0. The van der Waals surface area contributed by atoms with E-state index in [1.807, 2.05) is 0 Å². The first-order valence-corrected chi connectivity index (χ1v) is 6.04. The molecule has 2 N–H and O–H groups in total. The molecule has 0 amide bonds. The second-order valence-electron chi connectivity index (χ2n) is 3.98. The van der Waals surface area contributed by atoms with Crippen LogP contribution in [0.15, 0.2) is 4.99 Å². The van der Waals surface area contributed by atoms with Gasteiger partial charge in [0.2, 0.25) is 0 Å². The minimum absolute atomic E-state index is 0. The van der Waals surface area contributed by atoms with Crippen LogP contribution in [0.25, 0.3) is 0 Å². The molecule has 0 aromatic rings. The molecular weight excluding hydrogens is 331 g/mol. The zero-order valence-electron chi connectivity index (χ0n) is 11.0. The lowest BCUT2D eigenvalue weighted by molar-refractivity contribution is 0.0211. The van der Waals surface area contributed by atoms with Crippen LogP contribution in [-0.4, -0.2) is 63.3 Å². The summed E-state index contributed by atoms with van der Waals surface area (Å²) >= 11 is 0. The molecule has 1 saturated heterocycles. The standard InChI is InChI=1S/C11H24N4O.HI/c1-4-13-11(12-3)14-9-10(2)15-5-7-16-8-6-15;/h10H,4-9H2,1-3H3,(H2,12,13,14);1H. The van der Waals surface area contributed by atoms with Gasteiger partial charge in [-0.2, -0.15) is 0 Å². The third kappa shape index (κ3) is 6.42. The Balaban J connectivity index is 0.00000256. The van der Waals surface area contributed by atoms with Crippen molar-refractivity contribution in [2.75, 3.05) is 46.4 Å². The highest BCUT2D eigenvalue weighted by Gasteiger charge is 2.16. The van der Waals surface area contributed by atoms with Crippen molar-refractivity contribution < 1.29 is 4.74 Å². The van der Waals surface area contributed by atoms with Crippen LogP contribution in [-0.2, 0) is 4.74 Å². The van der Waals surface area contributed by atoms with E-state index in [0.717, 1.165) is 45.4 Å². The number of hydrogen-bond donors (Lipinski definition) is 2. The number of nitrogens with zero attached hydrogens (tertiary/aromatic N) is 2. The van der Waals surface area contributed by atoms with Gasteiger partial charge in [0.15, 0.2) is 5.96 Å². The fourth-order valence-corrected chi connectivity index (χ4v) is 1.78. The smallest absolute Gasteiger partial charge is 0.191 e. The van der Waals surface area contributed by atoms with Crippen LogP contribution in [0.2, 0.25) is 0 Å². The number of hydrogen-bond acceptors (Lipinski definition) is 3. The predicted octanol–water partition coefficient (Wildman–Crippen LogP) is 0.510. The van der Waals surface area contributed by atoms with Gasteiger partial charge in [0, 0.05) is 39.3 Å². The summed E-state index contributed by atoms with van der Waals surface area (Å²) in [5.74, 6) is 0.877. The molecule has 1 unspecified atom stereocenters. The van der Waals surface area contributed by atoms with E-state index in [9.17, 15) is 0 Å². The number of rotatable bonds is 4. The molecule has 0 saturated carbocycles. The van der Waals surface area contributed by atoms with E-state index < -0.39 is 0 Å². The molecule has 0 aliphatic carbocycles. The summed E-state index contributed by atoms with van der Waals surface area (Å²) in [6, 6.07) is 0.513. The van der Waals surface area contributed by atoms with Gasteiger partial charge in [-0.05, 0) is 13.8 Å².